The van der Waals surface area contributed by atoms with E-state index in [1.54, 1.807) is 6.92 Å². The first kappa shape index (κ1) is 9.94. The number of aldehydes is 1. The SMILES string of the molecule is CCC[C@](C)(C=O)NC(=O)O. The largest absolute Gasteiger partial charge is 0.465 e. The molecule has 0 saturated heterocycles. The van der Waals surface area contributed by atoms with Gasteiger partial charge in [0.05, 0.1) is 5.54 Å². The molecule has 1 atom stereocenters. The van der Waals surface area contributed by atoms with Gasteiger partial charge in [0.15, 0.2) is 0 Å². The summed E-state index contributed by atoms with van der Waals surface area (Å²) in [7, 11) is 0. The highest BCUT2D eigenvalue weighted by Crippen LogP contribution is 2.08. The summed E-state index contributed by atoms with van der Waals surface area (Å²) in [5.41, 5.74) is -0.916. The highest BCUT2D eigenvalue weighted by Gasteiger charge is 2.23. The summed E-state index contributed by atoms with van der Waals surface area (Å²) in [5, 5.41) is 10.5. The van der Waals surface area contributed by atoms with E-state index in [0.29, 0.717) is 12.7 Å². The summed E-state index contributed by atoms with van der Waals surface area (Å²) in [5.74, 6) is 0. The van der Waals surface area contributed by atoms with Gasteiger partial charge < -0.3 is 15.2 Å². The van der Waals surface area contributed by atoms with Gasteiger partial charge in [0.1, 0.15) is 6.29 Å². The molecule has 0 aromatic heterocycles. The van der Waals surface area contributed by atoms with Crippen molar-refractivity contribution in [3.05, 3.63) is 0 Å². The van der Waals surface area contributed by atoms with E-state index in [0.717, 1.165) is 6.42 Å². The molecule has 0 heterocycles. The van der Waals surface area contributed by atoms with Crippen molar-refractivity contribution in [2.24, 2.45) is 0 Å². The molecule has 0 aromatic rings. The Morgan fingerprint density at radius 2 is 2.27 bits per heavy atom. The fraction of sp³-hybridized carbons (Fsp3) is 0.714. The highest BCUT2D eigenvalue weighted by atomic mass is 16.4. The molecule has 0 aliphatic heterocycles. The van der Waals surface area contributed by atoms with E-state index in [-0.39, 0.29) is 0 Å². The Kier molecular flexibility index (Phi) is 3.57. The van der Waals surface area contributed by atoms with Crippen molar-refractivity contribution in [3.8, 4) is 0 Å². The number of amides is 1. The van der Waals surface area contributed by atoms with E-state index in [9.17, 15) is 9.59 Å². The van der Waals surface area contributed by atoms with Gasteiger partial charge in [-0.25, -0.2) is 4.79 Å². The lowest BCUT2D eigenvalue weighted by Crippen LogP contribution is -2.46. The van der Waals surface area contributed by atoms with Crippen LogP contribution in [-0.2, 0) is 4.79 Å². The van der Waals surface area contributed by atoms with Crippen molar-refractivity contribution in [2.75, 3.05) is 0 Å². The van der Waals surface area contributed by atoms with Gasteiger partial charge in [0.2, 0.25) is 0 Å². The fourth-order valence-electron chi connectivity index (χ4n) is 0.915. The molecule has 64 valence electrons. The van der Waals surface area contributed by atoms with Crippen LogP contribution in [0.15, 0.2) is 0 Å². The van der Waals surface area contributed by atoms with Gasteiger partial charge in [-0.05, 0) is 13.3 Å². The zero-order valence-corrected chi connectivity index (χ0v) is 6.76. The summed E-state index contributed by atoms with van der Waals surface area (Å²) in [6.45, 7) is 3.46. The molecule has 0 aliphatic rings. The Labute approximate surface area is 65.6 Å². The molecule has 0 rings (SSSR count). The van der Waals surface area contributed by atoms with Crippen LogP contribution in [0.1, 0.15) is 26.7 Å². The smallest absolute Gasteiger partial charge is 0.405 e. The molecule has 2 N–H and O–H groups in total. The maximum atomic E-state index is 10.4. The van der Waals surface area contributed by atoms with Crippen LogP contribution in [0, 0.1) is 0 Å². The van der Waals surface area contributed by atoms with Gasteiger partial charge in [-0.3, -0.25) is 0 Å². The van der Waals surface area contributed by atoms with Crippen LogP contribution in [0.3, 0.4) is 0 Å². The van der Waals surface area contributed by atoms with Crippen LogP contribution in [0.25, 0.3) is 0 Å². The second-order valence-corrected chi connectivity index (χ2v) is 2.72. The summed E-state index contributed by atoms with van der Waals surface area (Å²) >= 11 is 0. The Morgan fingerprint density at radius 3 is 2.55 bits per heavy atom. The average molecular weight is 159 g/mol. The molecule has 4 heteroatoms. The van der Waals surface area contributed by atoms with Gasteiger partial charge in [-0.1, -0.05) is 13.3 Å². The van der Waals surface area contributed by atoms with Crippen molar-refractivity contribution >= 4 is 12.4 Å². The van der Waals surface area contributed by atoms with Gasteiger partial charge in [-0.15, -0.1) is 0 Å². The first-order valence-electron chi connectivity index (χ1n) is 3.51. The topological polar surface area (TPSA) is 66.4 Å². The van der Waals surface area contributed by atoms with Gasteiger partial charge in [0, 0.05) is 0 Å². The molecule has 0 bridgehead atoms. The molecule has 4 nitrogen and oxygen atoms in total. The minimum Gasteiger partial charge on any atom is -0.465 e. The van der Waals surface area contributed by atoms with Gasteiger partial charge in [0.25, 0.3) is 0 Å². The predicted molar refractivity (Wildman–Crippen MR) is 40.5 cm³/mol. The summed E-state index contributed by atoms with van der Waals surface area (Å²) in [4.78, 5) is 20.6. The molecule has 1 amide bonds. The molecule has 0 fully saturated rings. The Hall–Kier alpha value is -1.06. The molecule has 0 aromatic carbocycles. The van der Waals surface area contributed by atoms with Crippen molar-refractivity contribution in [2.45, 2.75) is 32.2 Å². The van der Waals surface area contributed by atoms with Crippen LogP contribution in [0.2, 0.25) is 0 Å². The maximum Gasteiger partial charge on any atom is 0.405 e. The predicted octanol–water partition coefficient (Wildman–Crippen LogP) is 1.01. The summed E-state index contributed by atoms with van der Waals surface area (Å²) in [6, 6.07) is 0. The van der Waals surface area contributed by atoms with E-state index in [1.807, 2.05) is 6.92 Å². The molecule has 11 heavy (non-hydrogen) atoms. The molecule has 0 radical (unpaired) electrons. The van der Waals surface area contributed by atoms with Crippen LogP contribution < -0.4 is 5.32 Å². The number of rotatable bonds is 4. The van der Waals surface area contributed by atoms with Gasteiger partial charge >= 0.3 is 6.09 Å². The first-order chi connectivity index (χ1) is 5.04. The highest BCUT2D eigenvalue weighted by molar-refractivity contribution is 5.74. The number of hydrogen-bond acceptors (Lipinski definition) is 2. The van der Waals surface area contributed by atoms with E-state index in [2.05, 4.69) is 5.32 Å². The lowest BCUT2D eigenvalue weighted by molar-refractivity contribution is -0.112. The number of carbonyl (C=O) groups excluding carboxylic acids is 1. The zero-order valence-electron chi connectivity index (χ0n) is 6.76. The molecule has 0 unspecified atom stereocenters. The van der Waals surface area contributed by atoms with Gasteiger partial charge in [-0.2, -0.15) is 0 Å². The van der Waals surface area contributed by atoms with Crippen LogP contribution in [0.4, 0.5) is 4.79 Å². The number of carboxylic acid groups (broad SMARTS) is 1. The molecule has 0 spiro atoms. The normalized spacial score (nSPS) is 15.1. The maximum absolute atomic E-state index is 10.4. The standard InChI is InChI=1S/C7H13NO3/c1-3-4-7(2,5-9)8-6(10)11/h5,8H,3-4H2,1-2H3,(H,10,11)/t7-/m1/s1. The fourth-order valence-corrected chi connectivity index (χ4v) is 0.915. The third-order valence-corrected chi connectivity index (χ3v) is 1.42. The van der Waals surface area contributed by atoms with Crippen molar-refractivity contribution < 1.29 is 14.7 Å². The minimum atomic E-state index is -1.16. The third kappa shape index (κ3) is 3.60. The van der Waals surface area contributed by atoms with E-state index < -0.39 is 11.6 Å². The second-order valence-electron chi connectivity index (χ2n) is 2.72. The van der Waals surface area contributed by atoms with Crippen molar-refractivity contribution in [1.82, 2.24) is 5.32 Å². The second kappa shape index (κ2) is 3.95. The molecule has 0 aliphatic carbocycles. The van der Waals surface area contributed by atoms with E-state index in [4.69, 9.17) is 5.11 Å². The Balaban J connectivity index is 4.09. The lowest BCUT2D eigenvalue weighted by Gasteiger charge is -2.21. The van der Waals surface area contributed by atoms with E-state index in [1.165, 1.54) is 0 Å². The first-order valence-corrected chi connectivity index (χ1v) is 3.51. The average Bonchev–Trinajstić information content (AvgIpc) is 1.87. The molecular weight excluding hydrogens is 146 g/mol. The summed E-state index contributed by atoms with van der Waals surface area (Å²) in [6.07, 6.45) is 0.774. The Bertz CT molecular complexity index is 158. The van der Waals surface area contributed by atoms with Crippen molar-refractivity contribution in [3.63, 3.8) is 0 Å². The molecule has 0 saturated carbocycles. The van der Waals surface area contributed by atoms with Crippen LogP contribution in [0.5, 0.6) is 0 Å². The number of nitrogens with one attached hydrogen (secondary N) is 1. The quantitative estimate of drug-likeness (QED) is 0.601. The number of hydrogen-bond donors (Lipinski definition) is 2. The summed E-state index contributed by atoms with van der Waals surface area (Å²) < 4.78 is 0. The lowest BCUT2D eigenvalue weighted by atomic mass is 9.99. The van der Waals surface area contributed by atoms with Crippen molar-refractivity contribution in [1.29, 1.82) is 0 Å². The number of carbonyl (C=O) groups is 2. The minimum absolute atomic E-state index is 0.531. The zero-order chi connectivity index (χ0) is 8.91. The van der Waals surface area contributed by atoms with Crippen LogP contribution in [-0.4, -0.2) is 23.0 Å². The molecular formula is C7H13NO3. The van der Waals surface area contributed by atoms with E-state index >= 15 is 0 Å². The monoisotopic (exact) mass is 159 g/mol. The van der Waals surface area contributed by atoms with Crippen LogP contribution >= 0.6 is 0 Å². The Morgan fingerprint density at radius 1 is 1.73 bits per heavy atom. The third-order valence-electron chi connectivity index (χ3n) is 1.42.